The first kappa shape index (κ1) is 12.1. The van der Waals surface area contributed by atoms with Crippen molar-refractivity contribution < 1.29 is 4.79 Å². The maximum absolute atomic E-state index is 12.3. The van der Waals surface area contributed by atoms with Crippen molar-refractivity contribution in [3.05, 3.63) is 10.6 Å². The van der Waals surface area contributed by atoms with Crippen LogP contribution in [0, 0.1) is 5.41 Å². The van der Waals surface area contributed by atoms with Crippen LogP contribution in [0.2, 0.25) is 0 Å². The van der Waals surface area contributed by atoms with Gasteiger partial charge in [-0.3, -0.25) is 4.79 Å². The fraction of sp³-hybridized carbons (Fsp3) is 0.692. The lowest BCUT2D eigenvalue weighted by Crippen LogP contribution is -2.35. The summed E-state index contributed by atoms with van der Waals surface area (Å²) >= 11 is 1.66. The van der Waals surface area contributed by atoms with E-state index in [2.05, 4.69) is 15.6 Å². The van der Waals surface area contributed by atoms with Gasteiger partial charge in [-0.25, -0.2) is 4.98 Å². The molecule has 2 aliphatic rings. The summed E-state index contributed by atoms with van der Waals surface area (Å²) in [6, 6.07) is 0. The lowest BCUT2D eigenvalue weighted by Gasteiger charge is -2.20. The van der Waals surface area contributed by atoms with Crippen LogP contribution in [0.25, 0.3) is 0 Å². The van der Waals surface area contributed by atoms with Gasteiger partial charge in [-0.15, -0.1) is 11.3 Å². The summed E-state index contributed by atoms with van der Waals surface area (Å²) in [5.41, 5.74) is 0.933. The number of fused-ring (bicyclic) bond motifs is 1. The lowest BCUT2D eigenvalue weighted by atomic mass is 9.89. The average molecular weight is 265 g/mol. The summed E-state index contributed by atoms with van der Waals surface area (Å²) in [4.78, 5) is 18.2. The van der Waals surface area contributed by atoms with Gasteiger partial charge in [0.2, 0.25) is 5.91 Å². The molecular weight excluding hydrogens is 246 g/mol. The van der Waals surface area contributed by atoms with Gasteiger partial charge in [-0.05, 0) is 45.6 Å². The number of hydrogen-bond acceptors (Lipinski definition) is 4. The highest BCUT2D eigenvalue weighted by molar-refractivity contribution is 7.15. The Hall–Kier alpha value is -0.940. The van der Waals surface area contributed by atoms with E-state index in [1.54, 1.807) is 11.3 Å². The van der Waals surface area contributed by atoms with Crippen molar-refractivity contribution in [3.8, 4) is 0 Å². The number of aromatic nitrogens is 1. The van der Waals surface area contributed by atoms with Gasteiger partial charge in [-0.1, -0.05) is 0 Å². The van der Waals surface area contributed by atoms with Gasteiger partial charge >= 0.3 is 0 Å². The van der Waals surface area contributed by atoms with Crippen molar-refractivity contribution in [1.29, 1.82) is 0 Å². The summed E-state index contributed by atoms with van der Waals surface area (Å²) in [5.74, 6) is 0.110. The highest BCUT2D eigenvalue weighted by Crippen LogP contribution is 2.32. The van der Waals surface area contributed by atoms with Gasteiger partial charge in [-0.2, -0.15) is 0 Å². The maximum Gasteiger partial charge on any atom is 0.233 e. The second-order valence-corrected chi connectivity index (χ2v) is 6.62. The Morgan fingerprint density at radius 1 is 1.44 bits per heavy atom. The molecule has 2 N–H and O–H groups in total. The first-order valence-electron chi connectivity index (χ1n) is 6.68. The SMILES string of the molecule is CC1(C(=O)Nc2nc3c(s2)CCCC3)CCNC1. The van der Waals surface area contributed by atoms with E-state index in [-0.39, 0.29) is 11.3 Å². The van der Waals surface area contributed by atoms with Crippen LogP contribution in [-0.4, -0.2) is 24.0 Å². The number of aryl methyl sites for hydroxylation is 2. The molecule has 0 aromatic carbocycles. The average Bonchev–Trinajstić information content (AvgIpc) is 2.95. The Bertz CT molecular complexity index is 439. The molecule has 18 heavy (non-hydrogen) atoms. The van der Waals surface area contributed by atoms with E-state index in [0.29, 0.717) is 0 Å². The number of amides is 1. The Balaban J connectivity index is 1.72. The van der Waals surface area contributed by atoms with Crippen molar-refractivity contribution in [1.82, 2.24) is 10.3 Å². The van der Waals surface area contributed by atoms with E-state index in [9.17, 15) is 4.79 Å². The molecule has 1 saturated heterocycles. The zero-order valence-corrected chi connectivity index (χ0v) is 11.5. The van der Waals surface area contributed by atoms with Crippen LogP contribution >= 0.6 is 11.3 Å². The van der Waals surface area contributed by atoms with E-state index in [4.69, 9.17) is 0 Å². The molecule has 4 nitrogen and oxygen atoms in total. The lowest BCUT2D eigenvalue weighted by molar-refractivity contribution is -0.123. The number of rotatable bonds is 2. The Morgan fingerprint density at radius 2 is 2.28 bits per heavy atom. The summed E-state index contributed by atoms with van der Waals surface area (Å²) < 4.78 is 0. The van der Waals surface area contributed by atoms with Crippen molar-refractivity contribution in [2.24, 2.45) is 5.41 Å². The fourth-order valence-corrected chi connectivity index (χ4v) is 3.71. The largest absolute Gasteiger partial charge is 0.316 e. The van der Waals surface area contributed by atoms with Gasteiger partial charge < -0.3 is 10.6 Å². The quantitative estimate of drug-likeness (QED) is 0.859. The van der Waals surface area contributed by atoms with E-state index < -0.39 is 0 Å². The zero-order chi connectivity index (χ0) is 12.6. The van der Waals surface area contributed by atoms with Gasteiger partial charge in [0.15, 0.2) is 5.13 Å². The van der Waals surface area contributed by atoms with Crippen molar-refractivity contribution >= 4 is 22.4 Å². The number of thiazole rings is 1. The third-order valence-electron chi connectivity index (χ3n) is 3.98. The van der Waals surface area contributed by atoms with E-state index in [1.165, 1.54) is 23.4 Å². The molecule has 1 aromatic heterocycles. The number of carbonyl (C=O) groups is 1. The van der Waals surface area contributed by atoms with Gasteiger partial charge in [0.1, 0.15) is 0 Å². The Kier molecular flexibility index (Phi) is 3.11. The van der Waals surface area contributed by atoms with Crippen LogP contribution in [0.3, 0.4) is 0 Å². The van der Waals surface area contributed by atoms with E-state index in [0.717, 1.165) is 37.5 Å². The minimum absolute atomic E-state index is 0.110. The molecule has 3 rings (SSSR count). The fourth-order valence-electron chi connectivity index (χ4n) is 2.66. The number of anilines is 1. The van der Waals surface area contributed by atoms with Crippen LogP contribution in [0.4, 0.5) is 5.13 Å². The number of nitrogens with zero attached hydrogens (tertiary/aromatic N) is 1. The molecular formula is C13H19N3OS. The molecule has 0 saturated carbocycles. The van der Waals surface area contributed by atoms with Crippen LogP contribution in [0.15, 0.2) is 0 Å². The minimum Gasteiger partial charge on any atom is -0.316 e. The van der Waals surface area contributed by atoms with Crippen molar-refractivity contribution in [3.63, 3.8) is 0 Å². The van der Waals surface area contributed by atoms with Gasteiger partial charge in [0, 0.05) is 11.4 Å². The number of hydrogen-bond donors (Lipinski definition) is 2. The predicted octanol–water partition coefficient (Wildman–Crippen LogP) is 1.96. The first-order valence-corrected chi connectivity index (χ1v) is 7.50. The summed E-state index contributed by atoms with van der Waals surface area (Å²) in [6.45, 7) is 3.72. The smallest absolute Gasteiger partial charge is 0.233 e. The molecule has 5 heteroatoms. The van der Waals surface area contributed by atoms with Crippen LogP contribution in [-0.2, 0) is 17.6 Å². The molecule has 1 aliphatic carbocycles. The van der Waals surface area contributed by atoms with Crippen molar-refractivity contribution in [2.75, 3.05) is 18.4 Å². The van der Waals surface area contributed by atoms with Gasteiger partial charge in [0.25, 0.3) is 0 Å². The highest BCUT2D eigenvalue weighted by atomic mass is 32.1. The topological polar surface area (TPSA) is 54.0 Å². The second-order valence-electron chi connectivity index (χ2n) is 5.54. The number of carbonyl (C=O) groups excluding carboxylic acids is 1. The predicted molar refractivity (Wildman–Crippen MR) is 73.0 cm³/mol. The summed E-state index contributed by atoms with van der Waals surface area (Å²) in [6.07, 6.45) is 5.59. The third-order valence-corrected chi connectivity index (χ3v) is 5.06. The minimum atomic E-state index is -0.272. The second kappa shape index (κ2) is 4.63. The first-order chi connectivity index (χ1) is 8.67. The molecule has 0 bridgehead atoms. The standard InChI is InChI=1S/C13H19N3OS/c1-13(6-7-14-8-13)11(17)16-12-15-9-4-2-3-5-10(9)18-12/h14H,2-8H2,1H3,(H,15,16,17). The molecule has 1 amide bonds. The maximum atomic E-state index is 12.3. The Morgan fingerprint density at radius 3 is 3.00 bits per heavy atom. The van der Waals surface area contributed by atoms with Gasteiger partial charge in [0.05, 0.1) is 11.1 Å². The summed E-state index contributed by atoms with van der Waals surface area (Å²) in [7, 11) is 0. The normalized spacial score (nSPS) is 26.9. The summed E-state index contributed by atoms with van der Waals surface area (Å²) in [5, 5.41) is 7.05. The molecule has 0 radical (unpaired) electrons. The molecule has 0 spiro atoms. The molecule has 1 fully saturated rings. The molecule has 1 aliphatic heterocycles. The van der Waals surface area contributed by atoms with Crippen LogP contribution in [0.5, 0.6) is 0 Å². The molecule has 1 aromatic rings. The number of nitrogens with one attached hydrogen (secondary N) is 2. The molecule has 98 valence electrons. The third kappa shape index (κ3) is 2.17. The van der Waals surface area contributed by atoms with Crippen LogP contribution in [0.1, 0.15) is 36.8 Å². The van der Waals surface area contributed by atoms with Crippen molar-refractivity contribution in [2.45, 2.75) is 39.0 Å². The van der Waals surface area contributed by atoms with Crippen LogP contribution < -0.4 is 10.6 Å². The molecule has 2 heterocycles. The molecule has 1 unspecified atom stereocenters. The monoisotopic (exact) mass is 265 g/mol. The molecule has 1 atom stereocenters. The van der Waals surface area contributed by atoms with E-state index in [1.807, 2.05) is 6.92 Å². The zero-order valence-electron chi connectivity index (χ0n) is 10.7. The van der Waals surface area contributed by atoms with E-state index >= 15 is 0 Å². The Labute approximate surface area is 111 Å². The highest BCUT2D eigenvalue weighted by Gasteiger charge is 2.36.